The van der Waals surface area contributed by atoms with E-state index in [4.69, 9.17) is 26.6 Å². The summed E-state index contributed by atoms with van der Waals surface area (Å²) in [6.45, 7) is 1.99. The van der Waals surface area contributed by atoms with Crippen molar-refractivity contribution in [3.8, 4) is 17.3 Å². The third-order valence-electron chi connectivity index (χ3n) is 4.65. The number of nitrogens with zero attached hydrogens (tertiary/aromatic N) is 3. The molecule has 0 radical (unpaired) electrons. The van der Waals surface area contributed by atoms with Gasteiger partial charge in [-0.1, -0.05) is 48.5 Å². The van der Waals surface area contributed by atoms with Gasteiger partial charge in [-0.3, -0.25) is 0 Å². The zero-order valence-electron chi connectivity index (χ0n) is 17.5. The molecule has 32 heavy (non-hydrogen) atoms. The zero-order chi connectivity index (χ0) is 22.5. The SMILES string of the molecule is CC(=N)c1cc(-c2nc(N)cc(N)n2)c(OCc2ccccc2)nc1Nc1ccccc1. The van der Waals surface area contributed by atoms with Crippen LogP contribution in [0, 0.1) is 5.41 Å². The number of para-hydroxylation sites is 1. The number of benzene rings is 2. The molecule has 0 amide bonds. The highest BCUT2D eigenvalue weighted by atomic mass is 16.5. The molecule has 0 bridgehead atoms. The van der Waals surface area contributed by atoms with E-state index in [-0.39, 0.29) is 17.5 Å². The van der Waals surface area contributed by atoms with Crippen molar-refractivity contribution in [1.82, 2.24) is 15.0 Å². The van der Waals surface area contributed by atoms with Gasteiger partial charge in [-0.05, 0) is 30.7 Å². The van der Waals surface area contributed by atoms with E-state index >= 15 is 0 Å². The summed E-state index contributed by atoms with van der Waals surface area (Å²) in [6.07, 6.45) is 0. The average Bonchev–Trinajstić information content (AvgIpc) is 2.78. The van der Waals surface area contributed by atoms with Gasteiger partial charge in [0, 0.05) is 23.0 Å². The quantitative estimate of drug-likeness (QED) is 0.322. The summed E-state index contributed by atoms with van der Waals surface area (Å²) < 4.78 is 6.09. The van der Waals surface area contributed by atoms with Gasteiger partial charge in [-0.2, -0.15) is 4.98 Å². The Labute approximate surface area is 185 Å². The van der Waals surface area contributed by atoms with Crippen LogP contribution in [0.15, 0.2) is 72.8 Å². The molecule has 0 aliphatic rings. The maximum atomic E-state index is 8.28. The van der Waals surface area contributed by atoms with Crippen molar-refractivity contribution in [3.63, 3.8) is 0 Å². The highest BCUT2D eigenvalue weighted by molar-refractivity contribution is 6.02. The molecule has 6 N–H and O–H groups in total. The second-order valence-corrected chi connectivity index (χ2v) is 7.17. The fraction of sp³-hybridized carbons (Fsp3) is 0.0833. The van der Waals surface area contributed by atoms with Crippen LogP contribution < -0.4 is 21.5 Å². The molecule has 0 fully saturated rings. The van der Waals surface area contributed by atoms with Crippen molar-refractivity contribution >= 4 is 28.9 Å². The number of hydrogen-bond acceptors (Lipinski definition) is 8. The number of hydrogen-bond donors (Lipinski definition) is 4. The highest BCUT2D eigenvalue weighted by Gasteiger charge is 2.19. The molecular weight excluding hydrogens is 402 g/mol. The largest absolute Gasteiger partial charge is 0.472 e. The predicted octanol–water partition coefficient (Wildman–Crippen LogP) is 4.41. The monoisotopic (exact) mass is 425 g/mol. The minimum Gasteiger partial charge on any atom is -0.472 e. The lowest BCUT2D eigenvalue weighted by Crippen LogP contribution is -2.09. The van der Waals surface area contributed by atoms with E-state index in [1.807, 2.05) is 60.7 Å². The zero-order valence-corrected chi connectivity index (χ0v) is 17.5. The maximum Gasteiger partial charge on any atom is 0.226 e. The third-order valence-corrected chi connectivity index (χ3v) is 4.65. The lowest BCUT2D eigenvalue weighted by atomic mass is 10.1. The van der Waals surface area contributed by atoms with E-state index < -0.39 is 0 Å². The second-order valence-electron chi connectivity index (χ2n) is 7.17. The first kappa shape index (κ1) is 20.8. The summed E-state index contributed by atoms with van der Waals surface area (Å²) in [5.74, 6) is 1.56. The molecule has 4 rings (SSSR count). The highest BCUT2D eigenvalue weighted by Crippen LogP contribution is 2.33. The Balaban J connectivity index is 1.82. The second kappa shape index (κ2) is 9.13. The number of pyridine rings is 1. The van der Waals surface area contributed by atoms with Gasteiger partial charge in [0.15, 0.2) is 5.82 Å². The molecule has 160 valence electrons. The van der Waals surface area contributed by atoms with Crippen LogP contribution in [-0.2, 0) is 6.61 Å². The van der Waals surface area contributed by atoms with Crippen LogP contribution in [0.5, 0.6) is 5.88 Å². The normalized spacial score (nSPS) is 10.5. The molecule has 2 aromatic carbocycles. The van der Waals surface area contributed by atoms with Gasteiger partial charge in [0.1, 0.15) is 24.1 Å². The summed E-state index contributed by atoms with van der Waals surface area (Å²) in [6, 6.07) is 22.6. The summed E-state index contributed by atoms with van der Waals surface area (Å²) in [4.78, 5) is 13.3. The van der Waals surface area contributed by atoms with Gasteiger partial charge in [-0.25, -0.2) is 9.97 Å². The number of anilines is 4. The first-order valence-electron chi connectivity index (χ1n) is 9.99. The maximum absolute atomic E-state index is 8.28. The topological polar surface area (TPSA) is 136 Å². The van der Waals surface area contributed by atoms with Crippen molar-refractivity contribution < 1.29 is 4.74 Å². The van der Waals surface area contributed by atoms with E-state index in [9.17, 15) is 0 Å². The third kappa shape index (κ3) is 4.81. The van der Waals surface area contributed by atoms with E-state index in [0.717, 1.165) is 11.3 Å². The number of aromatic nitrogens is 3. The lowest BCUT2D eigenvalue weighted by molar-refractivity contribution is 0.295. The van der Waals surface area contributed by atoms with E-state index in [0.29, 0.717) is 35.1 Å². The molecule has 0 aliphatic heterocycles. The Morgan fingerprint density at radius 2 is 1.53 bits per heavy atom. The molecule has 0 aliphatic carbocycles. The van der Waals surface area contributed by atoms with Crippen LogP contribution in [0.2, 0.25) is 0 Å². The van der Waals surface area contributed by atoms with Crippen LogP contribution in [0.4, 0.5) is 23.1 Å². The number of ether oxygens (including phenoxy) is 1. The molecule has 8 nitrogen and oxygen atoms in total. The molecule has 0 atom stereocenters. The van der Waals surface area contributed by atoms with Crippen molar-refractivity contribution in [2.75, 3.05) is 16.8 Å². The average molecular weight is 425 g/mol. The molecule has 0 saturated heterocycles. The number of nitrogens with two attached hydrogens (primary N) is 2. The van der Waals surface area contributed by atoms with Gasteiger partial charge >= 0.3 is 0 Å². The van der Waals surface area contributed by atoms with E-state index in [2.05, 4.69) is 15.3 Å². The first-order valence-corrected chi connectivity index (χ1v) is 9.99. The molecule has 4 aromatic rings. The number of rotatable bonds is 7. The lowest BCUT2D eigenvalue weighted by Gasteiger charge is -2.16. The molecule has 2 aromatic heterocycles. The molecule has 0 unspecified atom stereocenters. The first-order chi connectivity index (χ1) is 15.5. The fourth-order valence-electron chi connectivity index (χ4n) is 3.14. The standard InChI is InChI=1S/C24H23N7O/c1-15(25)18-12-19(23-29-20(26)13-21(27)30-23)24(32-14-16-8-4-2-5-9-16)31-22(18)28-17-10-6-3-7-11-17/h2-13,25H,14H2,1H3,(H,28,31)(H4,26,27,29,30). The Morgan fingerprint density at radius 1 is 0.906 bits per heavy atom. The van der Waals surface area contributed by atoms with Gasteiger partial charge < -0.3 is 26.9 Å². The Morgan fingerprint density at radius 3 is 2.16 bits per heavy atom. The van der Waals surface area contributed by atoms with Gasteiger partial charge in [0.05, 0.1) is 5.56 Å². The molecular formula is C24H23N7O. The van der Waals surface area contributed by atoms with Crippen molar-refractivity contribution in [3.05, 3.63) is 83.9 Å². The fourth-order valence-corrected chi connectivity index (χ4v) is 3.14. The Kier molecular flexibility index (Phi) is 5.94. The Bertz CT molecular complexity index is 1220. The Hall–Kier alpha value is -4.46. The molecule has 2 heterocycles. The van der Waals surface area contributed by atoms with E-state index in [1.165, 1.54) is 6.07 Å². The smallest absolute Gasteiger partial charge is 0.226 e. The van der Waals surface area contributed by atoms with Gasteiger partial charge in [0.25, 0.3) is 0 Å². The summed E-state index contributed by atoms with van der Waals surface area (Å²) >= 11 is 0. The van der Waals surface area contributed by atoms with Crippen molar-refractivity contribution in [1.29, 1.82) is 5.41 Å². The van der Waals surface area contributed by atoms with Crippen LogP contribution in [-0.4, -0.2) is 20.7 Å². The van der Waals surface area contributed by atoms with E-state index in [1.54, 1.807) is 13.0 Å². The number of nitrogens with one attached hydrogen (secondary N) is 2. The summed E-state index contributed by atoms with van der Waals surface area (Å²) in [5, 5.41) is 11.6. The predicted molar refractivity (Wildman–Crippen MR) is 127 cm³/mol. The minimum atomic E-state index is 0.237. The molecule has 0 spiro atoms. The summed E-state index contributed by atoms with van der Waals surface area (Å²) in [7, 11) is 0. The van der Waals surface area contributed by atoms with Crippen LogP contribution in [0.3, 0.4) is 0 Å². The minimum absolute atomic E-state index is 0.237. The van der Waals surface area contributed by atoms with Gasteiger partial charge in [0.2, 0.25) is 5.88 Å². The molecule has 0 saturated carbocycles. The van der Waals surface area contributed by atoms with Crippen molar-refractivity contribution in [2.24, 2.45) is 0 Å². The number of nitrogen functional groups attached to an aromatic ring is 2. The summed E-state index contributed by atoms with van der Waals surface area (Å²) in [5.41, 5.74) is 15.0. The van der Waals surface area contributed by atoms with Crippen LogP contribution in [0.1, 0.15) is 18.1 Å². The van der Waals surface area contributed by atoms with Crippen LogP contribution >= 0.6 is 0 Å². The van der Waals surface area contributed by atoms with Crippen molar-refractivity contribution in [2.45, 2.75) is 13.5 Å². The van der Waals surface area contributed by atoms with Crippen LogP contribution in [0.25, 0.3) is 11.4 Å². The molecule has 8 heteroatoms. The van der Waals surface area contributed by atoms with Gasteiger partial charge in [-0.15, -0.1) is 0 Å².